The molecule has 3 heterocycles. The van der Waals surface area contributed by atoms with Crippen molar-refractivity contribution in [3.8, 4) is 11.8 Å². The fraction of sp³-hybridized carbons (Fsp3) is 0.421. The number of nitrogens with one attached hydrogen (secondary N) is 1. The van der Waals surface area contributed by atoms with Gasteiger partial charge in [0.05, 0.1) is 6.61 Å². The van der Waals surface area contributed by atoms with Crippen LogP contribution in [-0.2, 0) is 11.3 Å². The summed E-state index contributed by atoms with van der Waals surface area (Å²) in [6.07, 6.45) is 4.41. The Labute approximate surface area is 162 Å². The lowest BCUT2D eigenvalue weighted by atomic mass is 10.2. The average Bonchev–Trinajstić information content (AvgIpc) is 3.21. The maximum atomic E-state index is 12.6. The van der Waals surface area contributed by atoms with Crippen molar-refractivity contribution in [3.05, 3.63) is 47.8 Å². The number of nitrogens with zero attached hydrogens (tertiary/aromatic N) is 2. The fourth-order valence-electron chi connectivity index (χ4n) is 2.53. The van der Waals surface area contributed by atoms with Crippen LogP contribution in [0.1, 0.15) is 22.3 Å². The molecule has 0 saturated carbocycles. The highest BCUT2D eigenvalue weighted by atomic mass is 32.2. The van der Waals surface area contributed by atoms with Crippen molar-refractivity contribution in [1.82, 2.24) is 15.3 Å². The summed E-state index contributed by atoms with van der Waals surface area (Å²) in [5, 5.41) is 2.89. The fourth-order valence-corrected chi connectivity index (χ4v) is 3.62. The first-order chi connectivity index (χ1) is 13.3. The number of thioether (sulfide) groups is 1. The van der Waals surface area contributed by atoms with E-state index in [4.69, 9.17) is 14.2 Å². The summed E-state index contributed by atoms with van der Waals surface area (Å²) in [4.78, 5) is 21.0. The van der Waals surface area contributed by atoms with E-state index in [0.29, 0.717) is 37.1 Å². The normalized spacial score (nSPS) is 16.1. The van der Waals surface area contributed by atoms with E-state index < -0.39 is 0 Å². The second-order valence-electron chi connectivity index (χ2n) is 5.99. The lowest BCUT2D eigenvalue weighted by Gasteiger charge is -2.14. The van der Waals surface area contributed by atoms with Gasteiger partial charge in [-0.05, 0) is 29.9 Å². The lowest BCUT2D eigenvalue weighted by Crippen LogP contribution is -2.25. The van der Waals surface area contributed by atoms with Gasteiger partial charge >= 0.3 is 0 Å². The number of carbonyl (C=O) groups is 1. The first-order valence-electron chi connectivity index (χ1n) is 8.80. The molecule has 0 aromatic carbocycles. The molecule has 1 N–H and O–H groups in total. The van der Waals surface area contributed by atoms with Gasteiger partial charge in [0.15, 0.2) is 0 Å². The molecule has 1 atom stereocenters. The van der Waals surface area contributed by atoms with E-state index in [9.17, 15) is 4.79 Å². The quantitative estimate of drug-likeness (QED) is 0.659. The first-order valence-corrected chi connectivity index (χ1v) is 9.96. The van der Waals surface area contributed by atoms with Crippen LogP contribution in [0.15, 0.2) is 36.7 Å². The van der Waals surface area contributed by atoms with Gasteiger partial charge in [-0.1, -0.05) is 6.07 Å². The molecular formula is C19H23N3O4S. The summed E-state index contributed by atoms with van der Waals surface area (Å²) in [5.74, 6) is 2.71. The van der Waals surface area contributed by atoms with E-state index in [-0.39, 0.29) is 12.0 Å². The van der Waals surface area contributed by atoms with Crippen molar-refractivity contribution >= 4 is 17.7 Å². The van der Waals surface area contributed by atoms with E-state index >= 15 is 0 Å². The van der Waals surface area contributed by atoms with Crippen LogP contribution in [0.5, 0.6) is 11.8 Å². The summed E-state index contributed by atoms with van der Waals surface area (Å²) >= 11 is 1.85. The van der Waals surface area contributed by atoms with Crippen molar-refractivity contribution in [3.63, 3.8) is 0 Å². The van der Waals surface area contributed by atoms with Crippen LogP contribution >= 0.6 is 11.8 Å². The van der Waals surface area contributed by atoms with Crippen LogP contribution in [0.25, 0.3) is 0 Å². The molecular weight excluding hydrogens is 366 g/mol. The third-order valence-electron chi connectivity index (χ3n) is 3.97. The monoisotopic (exact) mass is 389 g/mol. The zero-order valence-electron chi connectivity index (χ0n) is 15.2. The molecule has 0 aliphatic carbocycles. The van der Waals surface area contributed by atoms with Crippen LogP contribution in [-0.4, -0.2) is 53.8 Å². The van der Waals surface area contributed by atoms with Crippen LogP contribution in [0, 0.1) is 0 Å². The van der Waals surface area contributed by atoms with E-state index in [2.05, 4.69) is 15.3 Å². The lowest BCUT2D eigenvalue weighted by molar-refractivity contribution is 0.0943. The number of hydrogen-bond donors (Lipinski definition) is 1. The molecule has 8 heteroatoms. The third-order valence-corrected chi connectivity index (χ3v) is 5.10. The summed E-state index contributed by atoms with van der Waals surface area (Å²) < 4.78 is 16.3. The van der Waals surface area contributed by atoms with E-state index in [1.165, 1.54) is 0 Å². The third kappa shape index (κ3) is 5.83. The highest BCUT2D eigenvalue weighted by Crippen LogP contribution is 2.24. The molecule has 1 aliphatic heterocycles. The van der Waals surface area contributed by atoms with E-state index in [1.54, 1.807) is 37.7 Å². The highest BCUT2D eigenvalue weighted by molar-refractivity contribution is 7.99. The zero-order valence-corrected chi connectivity index (χ0v) is 16.0. The van der Waals surface area contributed by atoms with Crippen molar-refractivity contribution < 1.29 is 19.0 Å². The van der Waals surface area contributed by atoms with Crippen molar-refractivity contribution in [2.75, 3.05) is 31.8 Å². The number of pyridine rings is 2. The maximum absolute atomic E-state index is 12.6. The largest absolute Gasteiger partial charge is 0.475 e. The molecule has 2 aromatic rings. The summed E-state index contributed by atoms with van der Waals surface area (Å²) in [5.41, 5.74) is 1.32. The first kappa shape index (κ1) is 19.4. The van der Waals surface area contributed by atoms with Crippen molar-refractivity contribution in [1.29, 1.82) is 0 Å². The van der Waals surface area contributed by atoms with E-state index in [0.717, 1.165) is 23.5 Å². The van der Waals surface area contributed by atoms with E-state index in [1.807, 2.05) is 17.8 Å². The van der Waals surface area contributed by atoms with Gasteiger partial charge in [-0.3, -0.25) is 4.79 Å². The number of ether oxygens (including phenoxy) is 3. The Bertz CT molecular complexity index is 736. The maximum Gasteiger partial charge on any atom is 0.257 e. The molecule has 27 heavy (non-hydrogen) atoms. The number of hydrogen-bond acceptors (Lipinski definition) is 7. The number of carbonyl (C=O) groups excluding carboxylic acids is 1. The number of methoxy groups -OCH3 is 1. The SMILES string of the molecule is COCCOc1ccc(CNC(=O)c2cccnc2OC2CCSC2)cn1. The van der Waals surface area contributed by atoms with Gasteiger partial charge in [0, 0.05) is 37.9 Å². The Hall–Kier alpha value is -2.32. The molecule has 144 valence electrons. The van der Waals surface area contributed by atoms with Gasteiger partial charge in [-0.2, -0.15) is 11.8 Å². The zero-order chi connectivity index (χ0) is 18.9. The molecule has 7 nitrogen and oxygen atoms in total. The highest BCUT2D eigenvalue weighted by Gasteiger charge is 2.21. The minimum absolute atomic E-state index is 0.117. The van der Waals surface area contributed by atoms with Crippen LogP contribution < -0.4 is 14.8 Å². The summed E-state index contributed by atoms with van der Waals surface area (Å²) in [7, 11) is 1.62. The van der Waals surface area contributed by atoms with Crippen LogP contribution in [0.2, 0.25) is 0 Å². The molecule has 0 bridgehead atoms. The summed E-state index contributed by atoms with van der Waals surface area (Å²) in [6.45, 7) is 1.31. The summed E-state index contributed by atoms with van der Waals surface area (Å²) in [6, 6.07) is 7.10. The minimum Gasteiger partial charge on any atom is -0.475 e. The minimum atomic E-state index is -0.218. The number of aromatic nitrogens is 2. The van der Waals surface area contributed by atoms with Crippen molar-refractivity contribution in [2.24, 2.45) is 0 Å². The molecule has 0 spiro atoms. The second-order valence-corrected chi connectivity index (χ2v) is 7.14. The van der Waals surface area contributed by atoms with Crippen LogP contribution in [0.3, 0.4) is 0 Å². The predicted octanol–water partition coefficient (Wildman–Crippen LogP) is 2.32. The smallest absolute Gasteiger partial charge is 0.257 e. The van der Waals surface area contributed by atoms with Gasteiger partial charge in [-0.25, -0.2) is 9.97 Å². The Morgan fingerprint density at radius 1 is 1.30 bits per heavy atom. The van der Waals surface area contributed by atoms with Crippen LogP contribution in [0.4, 0.5) is 0 Å². The second kappa shape index (κ2) is 10.1. The molecule has 3 rings (SSSR count). The molecule has 1 amide bonds. The molecule has 0 radical (unpaired) electrons. The molecule has 1 fully saturated rings. The van der Waals surface area contributed by atoms with Gasteiger partial charge in [0.1, 0.15) is 18.3 Å². The Morgan fingerprint density at radius 2 is 2.22 bits per heavy atom. The van der Waals surface area contributed by atoms with Crippen molar-refractivity contribution in [2.45, 2.75) is 19.1 Å². The van der Waals surface area contributed by atoms with Gasteiger partial charge in [0.25, 0.3) is 5.91 Å². The average molecular weight is 389 g/mol. The number of rotatable bonds is 9. The topological polar surface area (TPSA) is 82.6 Å². The Balaban J connectivity index is 1.54. The van der Waals surface area contributed by atoms with Gasteiger partial charge in [0.2, 0.25) is 11.8 Å². The van der Waals surface area contributed by atoms with Gasteiger partial charge < -0.3 is 19.5 Å². The van der Waals surface area contributed by atoms with Gasteiger partial charge in [-0.15, -0.1) is 0 Å². The Kier molecular flexibility index (Phi) is 7.29. The molecule has 2 aromatic heterocycles. The molecule has 1 unspecified atom stereocenters. The standard InChI is InChI=1S/C19H23N3O4S/c1-24-8-9-25-17-5-4-14(11-21-17)12-22-18(23)16-3-2-7-20-19(16)26-15-6-10-27-13-15/h2-5,7,11,15H,6,8-10,12-13H2,1H3,(H,22,23). The predicted molar refractivity (Wildman–Crippen MR) is 103 cm³/mol. The molecule has 1 aliphatic rings. The Morgan fingerprint density at radius 3 is 2.96 bits per heavy atom. The molecule has 1 saturated heterocycles. The number of amides is 1.